The van der Waals surface area contributed by atoms with Gasteiger partial charge < -0.3 is 10.3 Å². The molecule has 2 aromatic heterocycles. The van der Waals surface area contributed by atoms with E-state index in [-0.39, 0.29) is 24.4 Å². The van der Waals surface area contributed by atoms with E-state index in [0.29, 0.717) is 11.2 Å². The highest BCUT2D eigenvalue weighted by molar-refractivity contribution is 7.78. The zero-order valence-electron chi connectivity index (χ0n) is 14.0. The molecule has 1 atom stereocenters. The number of aromatic amines is 1. The molecule has 2 heterocycles. The summed E-state index contributed by atoms with van der Waals surface area (Å²) in [5, 5.41) is 2.79. The van der Waals surface area contributed by atoms with Crippen molar-refractivity contribution in [3.63, 3.8) is 0 Å². The fourth-order valence-electron chi connectivity index (χ4n) is 2.68. The Kier molecular flexibility index (Phi) is 5.59. The fraction of sp³-hybridized carbons (Fsp3) is 0.176. The van der Waals surface area contributed by atoms with Gasteiger partial charge in [0.15, 0.2) is 0 Å². The van der Waals surface area contributed by atoms with Gasteiger partial charge in [-0.3, -0.25) is 4.21 Å². The summed E-state index contributed by atoms with van der Waals surface area (Å²) in [7, 11) is 0. The maximum atomic E-state index is 12.8. The molecule has 0 amide bonds. The zero-order chi connectivity index (χ0) is 19.6. The van der Waals surface area contributed by atoms with E-state index in [9.17, 15) is 22.3 Å². The lowest BCUT2D eigenvalue weighted by Crippen LogP contribution is -2.31. The molecule has 3 N–H and O–H groups in total. The Morgan fingerprint density at radius 2 is 1.89 bits per heavy atom. The highest BCUT2D eigenvalue weighted by atomic mass is 32.2. The van der Waals surface area contributed by atoms with Crippen LogP contribution in [0.15, 0.2) is 59.0 Å². The molecule has 0 radical (unpaired) electrons. The average molecular weight is 394 g/mol. The molecule has 3 rings (SSSR count). The van der Waals surface area contributed by atoms with Crippen LogP contribution < -0.4 is 16.5 Å². The van der Waals surface area contributed by atoms with Gasteiger partial charge in [-0.25, -0.2) is 4.79 Å². The van der Waals surface area contributed by atoms with Crippen LogP contribution in [-0.2, 0) is 23.4 Å². The van der Waals surface area contributed by atoms with Crippen LogP contribution in [-0.4, -0.2) is 24.4 Å². The van der Waals surface area contributed by atoms with E-state index in [1.54, 1.807) is 36.4 Å². The highest BCUT2D eigenvalue weighted by Crippen LogP contribution is 2.20. The first kappa shape index (κ1) is 19.1. The van der Waals surface area contributed by atoms with E-state index >= 15 is 0 Å². The second kappa shape index (κ2) is 7.91. The molecule has 0 aliphatic rings. The van der Waals surface area contributed by atoms with Gasteiger partial charge in [0.2, 0.25) is 0 Å². The molecule has 0 bridgehead atoms. The zero-order valence-corrected chi connectivity index (χ0v) is 14.8. The largest absolute Gasteiger partial charge is 0.772 e. The quantitative estimate of drug-likeness (QED) is 0.631. The predicted octanol–water partition coefficient (Wildman–Crippen LogP) is 1.07. The molecule has 0 aliphatic heterocycles. The number of rotatable bonds is 6. The standard InChI is InChI=1S/C17H16F2N4O3S/c18-16(19)14(8-20)9-23-17(24)22-6-5-13(7-15(22)21-23)12-3-1-11(2-4-12)10-27(25)26/h1-7H,8-10,20H2,(H,25,26). The SMILES string of the molecule is NCC(Cn1[nH+]c2cc(-c3ccc(CS(=O)[O-])cc3)ccn2c1=O)=C(F)F. The second-order valence-corrected chi connectivity index (χ2v) is 6.76. The number of pyridine rings is 1. The molecule has 0 saturated carbocycles. The number of fused-ring (bicyclic) bond motifs is 1. The number of hydrogen-bond acceptors (Lipinski definition) is 4. The first-order chi connectivity index (χ1) is 12.9. The molecule has 1 aromatic carbocycles. The Bertz CT molecular complexity index is 1090. The van der Waals surface area contributed by atoms with Crippen molar-refractivity contribution in [2.45, 2.75) is 12.3 Å². The van der Waals surface area contributed by atoms with E-state index in [2.05, 4.69) is 5.10 Å². The summed E-state index contributed by atoms with van der Waals surface area (Å²) in [6.45, 7) is -0.670. The lowest BCUT2D eigenvalue weighted by Gasteiger charge is -2.06. The van der Waals surface area contributed by atoms with Crippen LogP contribution in [0, 0.1) is 0 Å². The van der Waals surface area contributed by atoms with Crippen molar-refractivity contribution in [1.82, 2.24) is 9.08 Å². The lowest BCUT2D eigenvalue weighted by atomic mass is 10.1. The van der Waals surface area contributed by atoms with Gasteiger partial charge >= 0.3 is 11.3 Å². The number of nitrogens with zero attached hydrogens (tertiary/aromatic N) is 2. The molecular weight excluding hydrogens is 378 g/mol. The average Bonchev–Trinajstić information content (AvgIpc) is 2.94. The van der Waals surface area contributed by atoms with Crippen molar-refractivity contribution in [2.24, 2.45) is 5.73 Å². The summed E-state index contributed by atoms with van der Waals surface area (Å²) < 4.78 is 49.5. The van der Waals surface area contributed by atoms with Gasteiger partial charge in [-0.05, 0) is 22.8 Å². The van der Waals surface area contributed by atoms with E-state index in [4.69, 9.17) is 5.73 Å². The maximum Gasteiger partial charge on any atom is 0.451 e. The monoisotopic (exact) mass is 394 g/mol. The van der Waals surface area contributed by atoms with Crippen molar-refractivity contribution in [2.75, 3.05) is 6.54 Å². The van der Waals surface area contributed by atoms with Crippen LogP contribution in [0.2, 0.25) is 0 Å². The van der Waals surface area contributed by atoms with Crippen molar-refractivity contribution in [3.8, 4) is 11.1 Å². The van der Waals surface area contributed by atoms with Gasteiger partial charge in [-0.15, -0.1) is 9.08 Å². The third-order valence-corrected chi connectivity index (χ3v) is 4.64. The minimum absolute atomic E-state index is 0.0620. The number of halogens is 2. The molecule has 142 valence electrons. The summed E-state index contributed by atoms with van der Waals surface area (Å²) in [6.07, 6.45) is -0.356. The summed E-state index contributed by atoms with van der Waals surface area (Å²) in [6, 6.07) is 10.4. The van der Waals surface area contributed by atoms with Gasteiger partial charge in [0.25, 0.3) is 6.08 Å². The Morgan fingerprint density at radius 3 is 2.48 bits per heavy atom. The molecule has 0 saturated heterocycles. The highest BCUT2D eigenvalue weighted by Gasteiger charge is 2.17. The Morgan fingerprint density at radius 1 is 1.19 bits per heavy atom. The third kappa shape index (κ3) is 4.18. The first-order valence-electron chi connectivity index (χ1n) is 7.91. The fourth-order valence-corrected chi connectivity index (χ4v) is 3.14. The van der Waals surface area contributed by atoms with Gasteiger partial charge in [0, 0.05) is 23.9 Å². The maximum absolute atomic E-state index is 12.8. The van der Waals surface area contributed by atoms with Gasteiger partial charge in [0.05, 0.1) is 6.54 Å². The summed E-state index contributed by atoms with van der Waals surface area (Å²) >= 11 is -2.16. The number of nitrogens with one attached hydrogen (secondary N) is 1. The van der Waals surface area contributed by atoms with Gasteiger partial charge in [-0.1, -0.05) is 35.3 Å². The number of benzene rings is 1. The first-order valence-corrected chi connectivity index (χ1v) is 9.16. The van der Waals surface area contributed by atoms with Crippen LogP contribution in [0.25, 0.3) is 16.8 Å². The lowest BCUT2D eigenvalue weighted by molar-refractivity contribution is -0.464. The number of nitrogens with two attached hydrogens (primary N) is 1. The van der Waals surface area contributed by atoms with Gasteiger partial charge in [0.1, 0.15) is 6.20 Å². The molecule has 10 heteroatoms. The topological polar surface area (TPSA) is 107 Å². The van der Waals surface area contributed by atoms with Crippen molar-refractivity contribution >= 4 is 16.7 Å². The number of hydrogen-bond donors (Lipinski definition) is 1. The van der Waals surface area contributed by atoms with Crippen molar-refractivity contribution < 1.29 is 22.6 Å². The van der Waals surface area contributed by atoms with Crippen LogP contribution in [0.4, 0.5) is 8.78 Å². The molecule has 3 aromatic rings. The van der Waals surface area contributed by atoms with Gasteiger partial charge in [-0.2, -0.15) is 13.9 Å². The van der Waals surface area contributed by atoms with Crippen LogP contribution in [0.1, 0.15) is 5.56 Å². The molecule has 0 aliphatic carbocycles. The second-order valence-electron chi connectivity index (χ2n) is 5.86. The van der Waals surface area contributed by atoms with E-state index in [0.717, 1.165) is 15.8 Å². The van der Waals surface area contributed by atoms with Crippen LogP contribution in [0.3, 0.4) is 0 Å². The van der Waals surface area contributed by atoms with E-state index in [1.807, 2.05) is 0 Å². The number of aromatic nitrogens is 3. The van der Waals surface area contributed by atoms with E-state index < -0.39 is 22.9 Å². The van der Waals surface area contributed by atoms with Crippen LogP contribution in [0.5, 0.6) is 0 Å². The Hall–Kier alpha value is -2.69. The smallest absolute Gasteiger partial charge is 0.451 e. The van der Waals surface area contributed by atoms with Crippen LogP contribution >= 0.6 is 0 Å². The summed E-state index contributed by atoms with van der Waals surface area (Å²) in [5.41, 5.74) is 7.18. The summed E-state index contributed by atoms with van der Waals surface area (Å²) in [4.78, 5) is 12.3. The molecule has 1 unspecified atom stereocenters. The third-order valence-electron chi connectivity index (χ3n) is 4.08. The molecule has 0 fully saturated rings. The molecular formula is C17H16F2N4O3S. The predicted molar refractivity (Wildman–Crippen MR) is 94.6 cm³/mol. The minimum Gasteiger partial charge on any atom is -0.772 e. The number of H-pyrrole nitrogens is 1. The molecule has 27 heavy (non-hydrogen) atoms. The summed E-state index contributed by atoms with van der Waals surface area (Å²) in [5.74, 6) is -0.0620. The Balaban J connectivity index is 1.95. The normalized spacial score (nSPS) is 12.3. The van der Waals surface area contributed by atoms with Crippen molar-refractivity contribution in [1.29, 1.82) is 0 Å². The Labute approximate surface area is 155 Å². The minimum atomic E-state index is -2.16. The van der Waals surface area contributed by atoms with E-state index in [1.165, 1.54) is 10.6 Å². The molecule has 0 spiro atoms. The molecule has 7 nitrogen and oxygen atoms in total. The van der Waals surface area contributed by atoms with Crippen molar-refractivity contribution in [3.05, 3.63) is 70.3 Å².